The van der Waals surface area contributed by atoms with Crippen molar-refractivity contribution in [2.75, 3.05) is 19.0 Å². The number of pyridine rings is 1. The molecular formula is C14H18N4O. The minimum Gasteiger partial charge on any atom is -0.376 e. The fraction of sp³-hybridized carbons (Fsp3) is 0.357. The molecule has 0 atom stereocenters. The molecule has 0 fully saturated rings. The van der Waals surface area contributed by atoms with E-state index < -0.39 is 0 Å². The number of hydrogen-bond acceptors (Lipinski definition) is 4. The van der Waals surface area contributed by atoms with Crippen LogP contribution in [0.2, 0.25) is 0 Å². The number of aryl methyl sites for hydroxylation is 3. The van der Waals surface area contributed by atoms with Gasteiger partial charge in [-0.2, -0.15) is 5.10 Å². The molecule has 0 aromatic carbocycles. The molecule has 0 N–H and O–H groups in total. The highest BCUT2D eigenvalue weighted by molar-refractivity contribution is 5.40. The Morgan fingerprint density at radius 3 is 2.74 bits per heavy atom. The Labute approximate surface area is 112 Å². The van der Waals surface area contributed by atoms with E-state index in [9.17, 15) is 4.79 Å². The van der Waals surface area contributed by atoms with Crippen LogP contribution in [0.5, 0.6) is 0 Å². The summed E-state index contributed by atoms with van der Waals surface area (Å²) in [4.78, 5) is 18.2. The van der Waals surface area contributed by atoms with Gasteiger partial charge in [-0.15, -0.1) is 0 Å². The highest BCUT2D eigenvalue weighted by Gasteiger charge is 2.03. The molecule has 2 rings (SSSR count). The predicted molar refractivity (Wildman–Crippen MR) is 75.5 cm³/mol. The van der Waals surface area contributed by atoms with Gasteiger partial charge in [0.2, 0.25) is 0 Å². The second-order valence-electron chi connectivity index (χ2n) is 4.69. The molecule has 2 heterocycles. The molecule has 5 nitrogen and oxygen atoms in total. The van der Waals surface area contributed by atoms with Crippen molar-refractivity contribution < 1.29 is 0 Å². The van der Waals surface area contributed by atoms with E-state index in [1.165, 1.54) is 4.68 Å². The van der Waals surface area contributed by atoms with E-state index in [-0.39, 0.29) is 5.56 Å². The van der Waals surface area contributed by atoms with Gasteiger partial charge in [-0.25, -0.2) is 4.68 Å². The molecule has 5 heteroatoms. The average Bonchev–Trinajstić information content (AvgIpc) is 2.37. The van der Waals surface area contributed by atoms with E-state index in [1.807, 2.05) is 44.1 Å². The molecule has 0 aliphatic carbocycles. The Hall–Kier alpha value is -2.17. The maximum Gasteiger partial charge on any atom is 0.268 e. The van der Waals surface area contributed by atoms with Crippen LogP contribution in [0.15, 0.2) is 35.3 Å². The van der Waals surface area contributed by atoms with Gasteiger partial charge in [0.05, 0.1) is 18.4 Å². The van der Waals surface area contributed by atoms with Crippen LogP contribution in [0, 0.1) is 6.92 Å². The van der Waals surface area contributed by atoms with E-state index in [4.69, 9.17) is 0 Å². The molecule has 0 aliphatic rings. The molecule has 19 heavy (non-hydrogen) atoms. The van der Waals surface area contributed by atoms with Crippen molar-refractivity contribution in [1.82, 2.24) is 14.8 Å². The van der Waals surface area contributed by atoms with Crippen LogP contribution >= 0.6 is 0 Å². The fourth-order valence-corrected chi connectivity index (χ4v) is 1.80. The number of anilines is 1. The summed E-state index contributed by atoms with van der Waals surface area (Å²) in [7, 11) is 3.77. The van der Waals surface area contributed by atoms with Crippen LogP contribution in [0.3, 0.4) is 0 Å². The van der Waals surface area contributed by atoms with E-state index in [0.29, 0.717) is 13.0 Å². The summed E-state index contributed by atoms with van der Waals surface area (Å²) in [5.41, 5.74) is 2.69. The summed E-state index contributed by atoms with van der Waals surface area (Å²) < 4.78 is 1.47. The van der Waals surface area contributed by atoms with Crippen molar-refractivity contribution in [1.29, 1.82) is 0 Å². The molecule has 0 radical (unpaired) electrons. The smallest absolute Gasteiger partial charge is 0.268 e. The average molecular weight is 258 g/mol. The largest absolute Gasteiger partial charge is 0.376 e. The summed E-state index contributed by atoms with van der Waals surface area (Å²) >= 11 is 0. The van der Waals surface area contributed by atoms with Gasteiger partial charge in [0.15, 0.2) is 0 Å². The zero-order valence-corrected chi connectivity index (χ0v) is 11.5. The first-order valence-electron chi connectivity index (χ1n) is 6.23. The van der Waals surface area contributed by atoms with E-state index in [1.54, 1.807) is 12.3 Å². The van der Waals surface area contributed by atoms with Crippen molar-refractivity contribution >= 4 is 5.69 Å². The van der Waals surface area contributed by atoms with Crippen LogP contribution in [-0.2, 0) is 13.0 Å². The van der Waals surface area contributed by atoms with Gasteiger partial charge < -0.3 is 4.90 Å². The molecule has 0 bridgehead atoms. The quantitative estimate of drug-likeness (QED) is 0.828. The molecule has 2 aromatic heterocycles. The Morgan fingerprint density at radius 2 is 2.11 bits per heavy atom. The SMILES string of the molecule is Cc1cccc(CCn2ncc(N(C)C)cc2=O)n1. The molecule has 0 saturated carbocycles. The second-order valence-corrected chi connectivity index (χ2v) is 4.69. The number of hydrogen-bond donors (Lipinski definition) is 0. The lowest BCUT2D eigenvalue weighted by molar-refractivity contribution is 0.572. The number of aromatic nitrogens is 3. The second kappa shape index (κ2) is 5.65. The molecule has 100 valence electrons. The van der Waals surface area contributed by atoms with Crippen molar-refractivity contribution in [2.24, 2.45) is 0 Å². The van der Waals surface area contributed by atoms with Crippen LogP contribution in [0.4, 0.5) is 5.69 Å². The molecule has 0 saturated heterocycles. The summed E-state index contributed by atoms with van der Waals surface area (Å²) in [5, 5.41) is 4.17. The summed E-state index contributed by atoms with van der Waals surface area (Å²) in [6, 6.07) is 7.49. The molecule has 0 amide bonds. The molecule has 2 aromatic rings. The van der Waals surface area contributed by atoms with E-state index in [2.05, 4.69) is 10.1 Å². The maximum atomic E-state index is 11.9. The van der Waals surface area contributed by atoms with Crippen molar-refractivity contribution in [3.05, 3.63) is 52.2 Å². The monoisotopic (exact) mass is 258 g/mol. The van der Waals surface area contributed by atoms with Gasteiger partial charge in [-0.1, -0.05) is 6.07 Å². The van der Waals surface area contributed by atoms with Gasteiger partial charge in [-0.3, -0.25) is 9.78 Å². The maximum absolute atomic E-state index is 11.9. The van der Waals surface area contributed by atoms with Gasteiger partial charge in [0.25, 0.3) is 5.56 Å². The van der Waals surface area contributed by atoms with Crippen molar-refractivity contribution in [2.45, 2.75) is 19.9 Å². The molecule has 0 unspecified atom stereocenters. The lowest BCUT2D eigenvalue weighted by Crippen LogP contribution is -2.25. The fourth-order valence-electron chi connectivity index (χ4n) is 1.80. The third-order valence-corrected chi connectivity index (χ3v) is 2.90. The molecule has 0 aliphatic heterocycles. The lowest BCUT2D eigenvalue weighted by atomic mass is 10.2. The first kappa shape index (κ1) is 13.3. The Bertz CT molecular complexity index is 619. The first-order chi connectivity index (χ1) is 9.06. The van der Waals surface area contributed by atoms with Crippen LogP contribution in [0.1, 0.15) is 11.4 Å². The Kier molecular flexibility index (Phi) is 3.94. The normalized spacial score (nSPS) is 10.5. The zero-order chi connectivity index (χ0) is 13.8. The van der Waals surface area contributed by atoms with Gasteiger partial charge in [0, 0.05) is 38.0 Å². The zero-order valence-electron chi connectivity index (χ0n) is 11.5. The third-order valence-electron chi connectivity index (χ3n) is 2.90. The Morgan fingerprint density at radius 1 is 1.32 bits per heavy atom. The van der Waals surface area contributed by atoms with Crippen LogP contribution < -0.4 is 10.5 Å². The Balaban J connectivity index is 2.10. The van der Waals surface area contributed by atoms with Gasteiger partial charge in [-0.05, 0) is 19.1 Å². The van der Waals surface area contributed by atoms with Gasteiger partial charge >= 0.3 is 0 Å². The van der Waals surface area contributed by atoms with Gasteiger partial charge in [0.1, 0.15) is 0 Å². The predicted octanol–water partition coefficient (Wildman–Crippen LogP) is 1.26. The summed E-state index contributed by atoms with van der Waals surface area (Å²) in [6.45, 7) is 2.50. The third kappa shape index (κ3) is 3.40. The standard InChI is InChI=1S/C14H18N4O/c1-11-5-4-6-12(16-11)7-8-18-14(19)9-13(10-15-18)17(2)3/h4-6,9-10H,7-8H2,1-3H3. The minimum atomic E-state index is -0.0844. The van der Waals surface area contributed by atoms with Crippen molar-refractivity contribution in [3.63, 3.8) is 0 Å². The minimum absolute atomic E-state index is 0.0844. The van der Waals surface area contributed by atoms with Crippen LogP contribution in [0.25, 0.3) is 0 Å². The molecule has 0 spiro atoms. The first-order valence-corrected chi connectivity index (χ1v) is 6.23. The lowest BCUT2D eigenvalue weighted by Gasteiger charge is -2.12. The summed E-state index contributed by atoms with van der Waals surface area (Å²) in [5.74, 6) is 0. The highest BCUT2D eigenvalue weighted by Crippen LogP contribution is 2.04. The topological polar surface area (TPSA) is 51.0 Å². The summed E-state index contributed by atoms with van der Waals surface area (Å²) in [6.07, 6.45) is 2.40. The van der Waals surface area contributed by atoms with E-state index in [0.717, 1.165) is 17.1 Å². The molecular weight excluding hydrogens is 240 g/mol. The highest BCUT2D eigenvalue weighted by atomic mass is 16.1. The number of rotatable bonds is 4. The number of nitrogens with zero attached hydrogens (tertiary/aromatic N) is 4. The van der Waals surface area contributed by atoms with E-state index >= 15 is 0 Å². The van der Waals surface area contributed by atoms with Crippen molar-refractivity contribution in [3.8, 4) is 0 Å². The van der Waals surface area contributed by atoms with Crippen LogP contribution in [-0.4, -0.2) is 28.9 Å².